The molecule has 0 heterocycles. The van der Waals surface area contributed by atoms with Crippen LogP contribution in [-0.4, -0.2) is 43.4 Å². The lowest BCUT2D eigenvalue weighted by Crippen LogP contribution is -2.31. The monoisotopic (exact) mass is 187 g/mol. The Morgan fingerprint density at radius 1 is 1.31 bits per heavy atom. The van der Waals surface area contributed by atoms with E-state index < -0.39 is 0 Å². The summed E-state index contributed by atoms with van der Waals surface area (Å²) < 4.78 is 4.97. The molecule has 0 bridgehead atoms. The molecule has 0 amide bonds. The fourth-order valence-electron chi connectivity index (χ4n) is 1.11. The SMILES string of the molecule is CC(=O)CC(CN(C)C)OC(C)=O. The first-order valence-corrected chi connectivity index (χ1v) is 4.23. The Kier molecular flexibility index (Phi) is 5.30. The summed E-state index contributed by atoms with van der Waals surface area (Å²) in [5.74, 6) is -0.304. The van der Waals surface area contributed by atoms with Gasteiger partial charge in [-0.2, -0.15) is 0 Å². The first-order chi connectivity index (χ1) is 5.91. The normalized spacial score (nSPS) is 12.7. The summed E-state index contributed by atoms with van der Waals surface area (Å²) >= 11 is 0. The molecule has 0 aliphatic rings. The van der Waals surface area contributed by atoms with Crippen molar-refractivity contribution in [2.45, 2.75) is 26.4 Å². The van der Waals surface area contributed by atoms with E-state index in [2.05, 4.69) is 0 Å². The molecule has 0 rings (SSSR count). The lowest BCUT2D eigenvalue weighted by Gasteiger charge is -2.19. The van der Waals surface area contributed by atoms with Crippen molar-refractivity contribution in [3.63, 3.8) is 0 Å². The predicted molar refractivity (Wildman–Crippen MR) is 49.4 cm³/mol. The third-order valence-corrected chi connectivity index (χ3v) is 1.42. The number of rotatable bonds is 5. The molecule has 0 aliphatic carbocycles. The number of esters is 1. The van der Waals surface area contributed by atoms with E-state index in [-0.39, 0.29) is 24.3 Å². The molecule has 4 nitrogen and oxygen atoms in total. The van der Waals surface area contributed by atoms with Gasteiger partial charge in [-0.05, 0) is 21.0 Å². The van der Waals surface area contributed by atoms with Crippen LogP contribution in [0.15, 0.2) is 0 Å². The van der Waals surface area contributed by atoms with E-state index in [1.54, 1.807) is 0 Å². The molecule has 76 valence electrons. The van der Waals surface area contributed by atoms with E-state index in [9.17, 15) is 9.59 Å². The van der Waals surface area contributed by atoms with Gasteiger partial charge in [-0.1, -0.05) is 0 Å². The van der Waals surface area contributed by atoms with E-state index in [0.717, 1.165) is 0 Å². The van der Waals surface area contributed by atoms with Gasteiger partial charge in [0.2, 0.25) is 0 Å². The van der Waals surface area contributed by atoms with Crippen molar-refractivity contribution in [3.8, 4) is 0 Å². The maximum absolute atomic E-state index is 10.8. The highest BCUT2D eigenvalue weighted by Gasteiger charge is 2.14. The molecule has 0 saturated heterocycles. The zero-order chi connectivity index (χ0) is 10.4. The van der Waals surface area contributed by atoms with E-state index in [0.29, 0.717) is 6.54 Å². The standard InChI is InChI=1S/C9H17NO3/c1-7(11)5-9(6-10(3)4)13-8(2)12/h9H,5-6H2,1-4H3. The highest BCUT2D eigenvalue weighted by molar-refractivity contribution is 5.76. The molecule has 1 atom stereocenters. The van der Waals surface area contributed by atoms with Crippen LogP contribution in [0.5, 0.6) is 0 Å². The van der Waals surface area contributed by atoms with Crippen molar-refractivity contribution in [2.75, 3.05) is 20.6 Å². The average molecular weight is 187 g/mol. The van der Waals surface area contributed by atoms with Gasteiger partial charge in [-0.25, -0.2) is 0 Å². The summed E-state index contributed by atoms with van der Waals surface area (Å²) in [7, 11) is 3.74. The summed E-state index contributed by atoms with van der Waals surface area (Å²) in [6, 6.07) is 0. The van der Waals surface area contributed by atoms with E-state index >= 15 is 0 Å². The molecule has 0 fully saturated rings. The fraction of sp³-hybridized carbons (Fsp3) is 0.778. The molecule has 0 spiro atoms. The van der Waals surface area contributed by atoms with Gasteiger partial charge in [-0.3, -0.25) is 9.59 Å². The molecule has 0 radical (unpaired) electrons. The average Bonchev–Trinajstić information content (AvgIpc) is 1.80. The number of likely N-dealkylation sites (N-methyl/N-ethyl adjacent to an activating group) is 1. The van der Waals surface area contributed by atoms with Crippen LogP contribution in [-0.2, 0) is 14.3 Å². The minimum absolute atomic E-state index is 0.0353. The Morgan fingerprint density at radius 3 is 2.15 bits per heavy atom. The summed E-state index contributed by atoms with van der Waals surface area (Å²) in [4.78, 5) is 23.4. The third kappa shape index (κ3) is 7.46. The number of hydrogen-bond acceptors (Lipinski definition) is 4. The second-order valence-electron chi connectivity index (χ2n) is 3.40. The molecule has 0 aromatic rings. The topological polar surface area (TPSA) is 46.6 Å². The highest BCUT2D eigenvalue weighted by atomic mass is 16.5. The number of carbonyl (C=O) groups is 2. The maximum Gasteiger partial charge on any atom is 0.302 e. The number of ether oxygens (including phenoxy) is 1. The van der Waals surface area contributed by atoms with Crippen molar-refractivity contribution >= 4 is 11.8 Å². The van der Waals surface area contributed by atoms with Crippen molar-refractivity contribution < 1.29 is 14.3 Å². The van der Waals surface area contributed by atoms with Crippen LogP contribution in [0.3, 0.4) is 0 Å². The fourth-order valence-corrected chi connectivity index (χ4v) is 1.11. The van der Waals surface area contributed by atoms with Gasteiger partial charge < -0.3 is 9.64 Å². The van der Waals surface area contributed by atoms with Crippen LogP contribution >= 0.6 is 0 Å². The van der Waals surface area contributed by atoms with Crippen molar-refractivity contribution in [1.82, 2.24) is 4.90 Å². The van der Waals surface area contributed by atoms with Crippen molar-refractivity contribution in [2.24, 2.45) is 0 Å². The Balaban J connectivity index is 4.02. The summed E-state index contributed by atoms with van der Waals surface area (Å²) in [6.45, 7) is 3.42. The Bertz CT molecular complexity index is 173. The van der Waals surface area contributed by atoms with Crippen LogP contribution in [0.25, 0.3) is 0 Å². The van der Waals surface area contributed by atoms with Crippen LogP contribution in [0.1, 0.15) is 20.3 Å². The second kappa shape index (κ2) is 5.70. The molecule has 0 saturated carbocycles. The van der Waals surface area contributed by atoms with Gasteiger partial charge in [0.25, 0.3) is 0 Å². The second-order valence-corrected chi connectivity index (χ2v) is 3.40. The summed E-state index contributed by atoms with van der Waals surface area (Å²) in [5, 5.41) is 0. The minimum atomic E-state index is -0.340. The van der Waals surface area contributed by atoms with Gasteiger partial charge in [0.1, 0.15) is 11.9 Å². The Hall–Kier alpha value is -0.900. The number of carbonyl (C=O) groups excluding carboxylic acids is 2. The molecular weight excluding hydrogens is 170 g/mol. The third-order valence-electron chi connectivity index (χ3n) is 1.42. The lowest BCUT2D eigenvalue weighted by atomic mass is 10.2. The van der Waals surface area contributed by atoms with Crippen LogP contribution in [0, 0.1) is 0 Å². The van der Waals surface area contributed by atoms with Crippen LogP contribution in [0.2, 0.25) is 0 Å². The van der Waals surface area contributed by atoms with Crippen LogP contribution in [0.4, 0.5) is 0 Å². The minimum Gasteiger partial charge on any atom is -0.461 e. The molecule has 0 aromatic heterocycles. The molecule has 1 unspecified atom stereocenters. The van der Waals surface area contributed by atoms with Gasteiger partial charge >= 0.3 is 5.97 Å². The number of hydrogen-bond donors (Lipinski definition) is 0. The van der Waals surface area contributed by atoms with Gasteiger partial charge in [0.15, 0.2) is 0 Å². The molecular formula is C9H17NO3. The summed E-state index contributed by atoms with van der Waals surface area (Å²) in [6.07, 6.45) is -0.0254. The predicted octanol–water partition coefficient (Wildman–Crippen LogP) is 0.459. The number of nitrogens with zero attached hydrogens (tertiary/aromatic N) is 1. The zero-order valence-corrected chi connectivity index (χ0v) is 8.66. The van der Waals surface area contributed by atoms with E-state index in [1.807, 2.05) is 19.0 Å². The quantitative estimate of drug-likeness (QED) is 0.587. The van der Waals surface area contributed by atoms with Crippen LogP contribution < -0.4 is 0 Å². The molecule has 13 heavy (non-hydrogen) atoms. The van der Waals surface area contributed by atoms with E-state index in [1.165, 1.54) is 13.8 Å². The molecule has 0 aliphatic heterocycles. The number of Topliss-reactive ketones (excluding diaryl/α,β-unsaturated/α-hetero) is 1. The maximum atomic E-state index is 10.8. The Morgan fingerprint density at radius 2 is 1.85 bits per heavy atom. The first-order valence-electron chi connectivity index (χ1n) is 4.23. The zero-order valence-electron chi connectivity index (χ0n) is 8.66. The first kappa shape index (κ1) is 12.1. The molecule has 0 N–H and O–H groups in total. The van der Waals surface area contributed by atoms with Gasteiger partial charge in [-0.15, -0.1) is 0 Å². The van der Waals surface area contributed by atoms with Gasteiger partial charge in [0, 0.05) is 19.9 Å². The molecule has 0 aromatic carbocycles. The largest absolute Gasteiger partial charge is 0.461 e. The molecule has 4 heteroatoms. The summed E-state index contributed by atoms with van der Waals surface area (Å²) in [5.41, 5.74) is 0. The number of ketones is 1. The highest BCUT2D eigenvalue weighted by Crippen LogP contribution is 2.01. The Labute approximate surface area is 78.9 Å². The van der Waals surface area contributed by atoms with Gasteiger partial charge in [0.05, 0.1) is 0 Å². The smallest absolute Gasteiger partial charge is 0.302 e. The van der Waals surface area contributed by atoms with Crippen molar-refractivity contribution in [1.29, 1.82) is 0 Å². The van der Waals surface area contributed by atoms with Crippen molar-refractivity contribution in [3.05, 3.63) is 0 Å². The van der Waals surface area contributed by atoms with E-state index in [4.69, 9.17) is 4.74 Å². The lowest BCUT2D eigenvalue weighted by molar-refractivity contribution is -0.148.